The summed E-state index contributed by atoms with van der Waals surface area (Å²) < 4.78 is 21.1. The second-order valence-corrected chi connectivity index (χ2v) is 8.79. The first kappa shape index (κ1) is 21.4. The Morgan fingerprint density at radius 2 is 2.12 bits per heavy atom. The fourth-order valence-electron chi connectivity index (χ4n) is 4.43. The number of likely N-dealkylation sites (N-methyl/N-ethyl adjacent to an activating group) is 1. The minimum absolute atomic E-state index is 0.0151. The summed E-state index contributed by atoms with van der Waals surface area (Å²) in [5, 5.41) is 0.668. The lowest BCUT2D eigenvalue weighted by molar-refractivity contribution is 0.00859. The Morgan fingerprint density at radius 3 is 2.91 bits per heavy atom. The van der Waals surface area contributed by atoms with Gasteiger partial charge >= 0.3 is 0 Å². The second-order valence-electron chi connectivity index (χ2n) is 8.79. The molecule has 0 radical (unpaired) electrons. The number of aromatic nitrogens is 4. The molecule has 0 aliphatic carbocycles. The first-order valence-electron chi connectivity index (χ1n) is 10.8. The Kier molecular flexibility index (Phi) is 5.26. The van der Waals surface area contributed by atoms with Crippen LogP contribution in [0, 0.1) is 5.82 Å². The maximum absolute atomic E-state index is 15.2. The van der Waals surface area contributed by atoms with Gasteiger partial charge in [0.15, 0.2) is 0 Å². The van der Waals surface area contributed by atoms with Crippen molar-refractivity contribution in [2.45, 2.75) is 19.1 Å². The number of morpholine rings is 1. The number of benzene rings is 1. The molecule has 5 rings (SSSR count). The number of nitrogen functional groups attached to an aromatic ring is 1. The van der Waals surface area contributed by atoms with Crippen LogP contribution >= 0.6 is 0 Å². The molecule has 2 atom stereocenters. The number of hydrogen-bond acceptors (Lipinski definition) is 7. The van der Waals surface area contributed by atoms with Crippen LogP contribution in [0.1, 0.15) is 6.92 Å². The summed E-state index contributed by atoms with van der Waals surface area (Å²) >= 11 is 0. The molecule has 10 heteroatoms. The molecule has 9 nitrogen and oxygen atoms in total. The Labute approximate surface area is 189 Å². The lowest BCUT2D eigenvalue weighted by atomic mass is 10.1. The second kappa shape index (κ2) is 8.13. The van der Waals surface area contributed by atoms with Gasteiger partial charge < -0.3 is 30.2 Å². The monoisotopic (exact) mass is 451 g/mol. The van der Waals surface area contributed by atoms with Crippen molar-refractivity contribution in [3.63, 3.8) is 0 Å². The highest BCUT2D eigenvalue weighted by Crippen LogP contribution is 2.32. The fraction of sp³-hybridized carbons (Fsp3) is 0.348. The maximum atomic E-state index is 15.2. The highest BCUT2D eigenvalue weighted by molar-refractivity contribution is 5.97. The van der Waals surface area contributed by atoms with Crippen LogP contribution in [0.5, 0.6) is 0 Å². The van der Waals surface area contributed by atoms with Crippen molar-refractivity contribution >= 4 is 33.3 Å². The van der Waals surface area contributed by atoms with E-state index in [-0.39, 0.29) is 29.1 Å². The van der Waals surface area contributed by atoms with Crippen molar-refractivity contribution in [1.82, 2.24) is 24.8 Å². The Hall–Kier alpha value is -3.50. The molecule has 1 aliphatic rings. The molecule has 0 spiro atoms. The summed E-state index contributed by atoms with van der Waals surface area (Å²) in [7, 11) is 3.97. The van der Waals surface area contributed by atoms with Crippen LogP contribution in [0.25, 0.3) is 33.3 Å². The van der Waals surface area contributed by atoms with Crippen molar-refractivity contribution in [1.29, 1.82) is 0 Å². The molecule has 3 aromatic heterocycles. The number of nitrogens with zero attached hydrogens (tertiary/aromatic N) is 4. The van der Waals surface area contributed by atoms with Gasteiger partial charge in [-0.25, -0.2) is 9.37 Å². The zero-order valence-corrected chi connectivity index (χ0v) is 18.7. The number of hydrogen-bond donors (Lipinski definition) is 3. The van der Waals surface area contributed by atoms with Crippen LogP contribution in [0.15, 0.2) is 35.4 Å². The number of nitrogens with one attached hydrogen (secondary N) is 2. The number of nitrogens with two attached hydrogens (primary N) is 1. The molecule has 33 heavy (non-hydrogen) atoms. The zero-order chi connectivity index (χ0) is 23.3. The van der Waals surface area contributed by atoms with Crippen LogP contribution in [0.3, 0.4) is 0 Å². The van der Waals surface area contributed by atoms with Crippen LogP contribution < -0.4 is 16.2 Å². The lowest BCUT2D eigenvalue weighted by Crippen LogP contribution is -2.51. The van der Waals surface area contributed by atoms with Gasteiger partial charge in [-0.05, 0) is 33.2 Å². The molecule has 1 saturated heterocycles. The summed E-state index contributed by atoms with van der Waals surface area (Å²) in [6.45, 7) is 3.85. The zero-order valence-electron chi connectivity index (χ0n) is 18.7. The first-order valence-corrected chi connectivity index (χ1v) is 10.8. The number of imidazole rings is 1. The highest BCUT2D eigenvalue weighted by atomic mass is 19.1. The highest BCUT2D eigenvalue weighted by Gasteiger charge is 2.29. The number of halogens is 1. The van der Waals surface area contributed by atoms with Gasteiger partial charge in [0.05, 0.1) is 46.8 Å². The van der Waals surface area contributed by atoms with E-state index in [1.54, 1.807) is 24.5 Å². The van der Waals surface area contributed by atoms with Gasteiger partial charge in [0.2, 0.25) is 0 Å². The van der Waals surface area contributed by atoms with Gasteiger partial charge in [-0.3, -0.25) is 9.78 Å². The molecule has 0 bridgehead atoms. The Morgan fingerprint density at radius 1 is 1.30 bits per heavy atom. The molecule has 0 unspecified atom stereocenters. The van der Waals surface area contributed by atoms with Crippen molar-refractivity contribution in [2.24, 2.45) is 0 Å². The fourth-order valence-corrected chi connectivity index (χ4v) is 4.43. The van der Waals surface area contributed by atoms with E-state index in [2.05, 4.69) is 24.8 Å². The minimum Gasteiger partial charge on any atom is -0.397 e. The normalized spacial score (nSPS) is 19.1. The van der Waals surface area contributed by atoms with E-state index in [1.807, 2.05) is 25.9 Å². The van der Waals surface area contributed by atoms with Gasteiger partial charge in [-0.1, -0.05) is 0 Å². The lowest BCUT2D eigenvalue weighted by Gasteiger charge is -2.40. The minimum atomic E-state index is -0.388. The van der Waals surface area contributed by atoms with Crippen molar-refractivity contribution in [3.8, 4) is 11.4 Å². The summed E-state index contributed by atoms with van der Waals surface area (Å²) in [4.78, 5) is 31.3. The standard InChI is InChI=1S/C23H26FN7O2/c1-12-11-33-13(9-30(2)3)10-31(12)19-7-17-16(6-15(19)24)27-22(28-17)20-21(25)14-4-5-26-8-18(14)29-23(20)32/h4-8,12-13H,9-11H2,1-3H3,(H,27,28)(H3,25,29,32)/t12-,13+/m0/s1. The third-order valence-electron chi connectivity index (χ3n) is 6.03. The molecule has 4 aromatic rings. The largest absolute Gasteiger partial charge is 0.397 e. The van der Waals surface area contributed by atoms with Crippen molar-refractivity contribution < 1.29 is 9.13 Å². The molecule has 4 N–H and O–H groups in total. The molecule has 1 aliphatic heterocycles. The number of H-pyrrole nitrogens is 2. The average molecular weight is 452 g/mol. The van der Waals surface area contributed by atoms with Gasteiger partial charge in [-0.15, -0.1) is 0 Å². The number of pyridine rings is 2. The summed E-state index contributed by atoms with van der Waals surface area (Å²) in [6, 6.07) is 4.88. The summed E-state index contributed by atoms with van der Waals surface area (Å²) in [5.74, 6) is -0.0685. The van der Waals surface area contributed by atoms with Crippen LogP contribution in [0.4, 0.5) is 15.8 Å². The third-order valence-corrected chi connectivity index (χ3v) is 6.03. The number of ether oxygens (including phenoxy) is 1. The van der Waals surface area contributed by atoms with E-state index in [4.69, 9.17) is 10.5 Å². The van der Waals surface area contributed by atoms with Crippen LogP contribution in [0.2, 0.25) is 0 Å². The first-order chi connectivity index (χ1) is 15.8. The third kappa shape index (κ3) is 3.81. The van der Waals surface area contributed by atoms with E-state index < -0.39 is 0 Å². The number of rotatable bonds is 4. The summed E-state index contributed by atoms with van der Waals surface area (Å²) in [5.41, 5.74) is 8.50. The van der Waals surface area contributed by atoms with Gasteiger partial charge in [0.1, 0.15) is 17.2 Å². The molecule has 1 aromatic carbocycles. The van der Waals surface area contributed by atoms with Gasteiger partial charge in [0, 0.05) is 36.8 Å². The smallest absolute Gasteiger partial charge is 0.261 e. The molecule has 4 heterocycles. The number of aromatic amines is 2. The molecular formula is C23H26FN7O2. The van der Waals surface area contributed by atoms with Crippen LogP contribution in [-0.2, 0) is 4.74 Å². The summed E-state index contributed by atoms with van der Waals surface area (Å²) in [6.07, 6.45) is 3.13. The molecule has 172 valence electrons. The van der Waals surface area contributed by atoms with Crippen LogP contribution in [-0.4, -0.2) is 70.8 Å². The van der Waals surface area contributed by atoms with E-state index in [9.17, 15) is 4.79 Å². The Balaban J connectivity index is 1.57. The quantitative estimate of drug-likeness (QED) is 0.436. The van der Waals surface area contributed by atoms with Crippen molar-refractivity contribution in [3.05, 3.63) is 46.8 Å². The van der Waals surface area contributed by atoms with E-state index in [1.165, 1.54) is 6.07 Å². The number of fused-ring (bicyclic) bond motifs is 2. The number of anilines is 2. The molecular weight excluding hydrogens is 425 g/mol. The van der Waals surface area contributed by atoms with Gasteiger partial charge in [0.25, 0.3) is 5.56 Å². The molecule has 0 amide bonds. The predicted octanol–water partition coefficient (Wildman–Crippen LogP) is 2.34. The Bertz CT molecular complexity index is 1400. The SMILES string of the molecule is C[C@H]1CO[C@H](CN(C)C)CN1c1cc2nc(-c3c(N)c4ccncc4[nH]c3=O)[nH]c2cc1F. The van der Waals surface area contributed by atoms with E-state index in [0.29, 0.717) is 52.3 Å². The molecule has 0 saturated carbocycles. The molecule has 1 fully saturated rings. The van der Waals surface area contributed by atoms with Gasteiger partial charge in [-0.2, -0.15) is 0 Å². The topological polar surface area (TPSA) is 116 Å². The maximum Gasteiger partial charge on any atom is 0.261 e. The van der Waals surface area contributed by atoms with Crippen molar-refractivity contribution in [2.75, 3.05) is 44.4 Å². The predicted molar refractivity (Wildman–Crippen MR) is 127 cm³/mol. The van der Waals surface area contributed by atoms with E-state index >= 15 is 4.39 Å². The average Bonchev–Trinajstić information content (AvgIpc) is 3.16. The van der Waals surface area contributed by atoms with E-state index in [0.717, 1.165) is 6.54 Å².